The number of halogens is 1. The van der Waals surface area contributed by atoms with Crippen molar-refractivity contribution in [1.82, 2.24) is 15.6 Å². The van der Waals surface area contributed by atoms with Crippen LogP contribution in [0.2, 0.25) is 5.02 Å². The van der Waals surface area contributed by atoms with Gasteiger partial charge in [-0.25, -0.2) is 4.98 Å². The summed E-state index contributed by atoms with van der Waals surface area (Å²) >= 11 is 8.89. The van der Waals surface area contributed by atoms with Crippen molar-refractivity contribution in [3.63, 3.8) is 0 Å². The Kier molecular flexibility index (Phi) is 4.32. The van der Waals surface area contributed by atoms with Crippen molar-refractivity contribution in [2.24, 2.45) is 0 Å². The Balaban J connectivity index is 1.39. The minimum absolute atomic E-state index is 0.0327. The molecule has 2 bridgehead atoms. The summed E-state index contributed by atoms with van der Waals surface area (Å²) in [7, 11) is 0. The predicted octanol–water partition coefficient (Wildman–Crippen LogP) is 3.57. The largest absolute Gasteiger partial charge is 0.347 e. The van der Waals surface area contributed by atoms with Crippen LogP contribution < -0.4 is 10.6 Å². The molecule has 1 amide bonds. The Morgan fingerprint density at radius 1 is 1.35 bits per heavy atom. The van der Waals surface area contributed by atoms with E-state index in [2.05, 4.69) is 15.6 Å². The molecule has 2 aliphatic heterocycles. The maximum atomic E-state index is 12.4. The number of carbonyl (C=O) groups is 1. The van der Waals surface area contributed by atoms with Crippen molar-refractivity contribution >= 4 is 40.6 Å². The van der Waals surface area contributed by atoms with E-state index in [4.69, 9.17) is 11.6 Å². The van der Waals surface area contributed by atoms with Gasteiger partial charge in [-0.1, -0.05) is 23.4 Å². The van der Waals surface area contributed by atoms with Crippen LogP contribution in [0.25, 0.3) is 0 Å². The number of nitrogens with zero attached hydrogens (tertiary/aromatic N) is 1. The Bertz CT molecular complexity index is 718. The molecule has 0 aromatic carbocycles. The van der Waals surface area contributed by atoms with Crippen LogP contribution >= 0.6 is 34.7 Å². The van der Waals surface area contributed by atoms with Gasteiger partial charge in [0.25, 0.3) is 5.91 Å². The van der Waals surface area contributed by atoms with E-state index < -0.39 is 0 Å². The molecule has 2 aromatic heterocycles. The Morgan fingerprint density at radius 2 is 2.26 bits per heavy atom. The second-order valence-electron chi connectivity index (χ2n) is 5.90. The van der Waals surface area contributed by atoms with E-state index in [-0.39, 0.29) is 11.9 Å². The molecule has 2 fully saturated rings. The van der Waals surface area contributed by atoms with Crippen molar-refractivity contribution in [1.29, 1.82) is 0 Å². The molecule has 3 atom stereocenters. The van der Waals surface area contributed by atoms with Crippen molar-refractivity contribution in [2.75, 3.05) is 0 Å². The third-order valence-corrected chi connectivity index (χ3v) is 6.72. The van der Waals surface area contributed by atoms with Crippen LogP contribution in [0.1, 0.15) is 28.9 Å². The Morgan fingerprint density at radius 3 is 2.96 bits per heavy atom. The minimum atomic E-state index is 0.0327. The second kappa shape index (κ2) is 6.43. The lowest BCUT2D eigenvalue weighted by molar-refractivity contribution is 0.0935. The maximum Gasteiger partial charge on any atom is 0.261 e. The van der Waals surface area contributed by atoms with Gasteiger partial charge in [-0.05, 0) is 43.5 Å². The topological polar surface area (TPSA) is 54.0 Å². The first kappa shape index (κ1) is 15.4. The lowest BCUT2D eigenvalue weighted by Gasteiger charge is -2.20. The summed E-state index contributed by atoms with van der Waals surface area (Å²) in [6, 6.07) is 8.88. The fourth-order valence-electron chi connectivity index (χ4n) is 3.25. The number of fused-ring (bicyclic) bond motifs is 2. The highest BCUT2D eigenvalue weighted by Crippen LogP contribution is 2.33. The quantitative estimate of drug-likeness (QED) is 0.869. The van der Waals surface area contributed by atoms with Crippen LogP contribution in [0.15, 0.2) is 39.7 Å². The summed E-state index contributed by atoms with van der Waals surface area (Å²) in [6.07, 6.45) is 5.10. The zero-order valence-corrected chi connectivity index (χ0v) is 14.7. The number of carbonyl (C=O) groups excluding carboxylic acids is 1. The summed E-state index contributed by atoms with van der Waals surface area (Å²) in [5.41, 5.74) is 0. The van der Waals surface area contributed by atoms with E-state index in [0.29, 0.717) is 17.1 Å². The summed E-state index contributed by atoms with van der Waals surface area (Å²) in [6.45, 7) is 0. The number of pyridine rings is 1. The third kappa shape index (κ3) is 3.40. The van der Waals surface area contributed by atoms with Crippen LogP contribution in [0.4, 0.5) is 0 Å². The average molecular weight is 366 g/mol. The monoisotopic (exact) mass is 365 g/mol. The molecular weight excluding hydrogens is 350 g/mol. The number of rotatable bonds is 4. The van der Waals surface area contributed by atoms with E-state index in [1.54, 1.807) is 18.0 Å². The smallest absolute Gasteiger partial charge is 0.261 e. The molecule has 2 N–H and O–H groups in total. The summed E-state index contributed by atoms with van der Waals surface area (Å²) in [5, 5.41) is 8.22. The molecule has 4 rings (SSSR count). The van der Waals surface area contributed by atoms with Crippen LogP contribution in [0.5, 0.6) is 0 Å². The number of thiophene rings is 1. The molecule has 120 valence electrons. The number of hydrogen-bond acceptors (Lipinski definition) is 5. The zero-order valence-electron chi connectivity index (χ0n) is 12.3. The van der Waals surface area contributed by atoms with E-state index >= 15 is 0 Å². The lowest BCUT2D eigenvalue weighted by atomic mass is 9.95. The van der Waals surface area contributed by atoms with Gasteiger partial charge in [0.1, 0.15) is 5.03 Å². The minimum Gasteiger partial charge on any atom is -0.347 e. The predicted molar refractivity (Wildman–Crippen MR) is 93.5 cm³/mol. The first-order valence-electron chi connectivity index (χ1n) is 7.63. The highest BCUT2D eigenvalue weighted by Gasteiger charge is 2.39. The number of nitrogens with one attached hydrogen (secondary N) is 2. The highest BCUT2D eigenvalue weighted by atomic mass is 35.5. The first-order valence-corrected chi connectivity index (χ1v) is 9.64. The van der Waals surface area contributed by atoms with Gasteiger partial charge in [-0.2, -0.15) is 0 Å². The molecule has 4 nitrogen and oxygen atoms in total. The Hall–Kier alpha value is -1.08. The Labute approximate surface area is 148 Å². The van der Waals surface area contributed by atoms with Crippen LogP contribution in [0.3, 0.4) is 0 Å². The fourth-order valence-corrected chi connectivity index (χ4v) is 5.27. The fraction of sp³-hybridized carbons (Fsp3) is 0.375. The number of amides is 1. The maximum absolute atomic E-state index is 12.4. The van der Waals surface area contributed by atoms with E-state index in [9.17, 15) is 4.79 Å². The summed E-state index contributed by atoms with van der Waals surface area (Å²) < 4.78 is 1.05. The molecule has 7 heteroatoms. The molecule has 0 saturated carbocycles. The average Bonchev–Trinajstić information content (AvgIpc) is 3.26. The van der Waals surface area contributed by atoms with Gasteiger partial charge in [0.15, 0.2) is 0 Å². The van der Waals surface area contributed by atoms with E-state index in [1.165, 1.54) is 24.2 Å². The molecule has 23 heavy (non-hydrogen) atoms. The standard InChI is InChI=1S/C16H16ClN3OS2/c17-9-1-5-14(18-8-9)23-15-6-4-13(22-15)16(21)20-12-7-10-2-3-11(12)19-10/h1,4-6,8,10-12,19H,2-3,7H2,(H,20,21)/t10-,11+,12-/m1/s1. The van der Waals surface area contributed by atoms with Crippen molar-refractivity contribution in [2.45, 2.75) is 46.6 Å². The summed E-state index contributed by atoms with van der Waals surface area (Å²) in [5.74, 6) is 0.0327. The molecule has 0 spiro atoms. The first-order chi connectivity index (χ1) is 11.2. The zero-order chi connectivity index (χ0) is 15.8. The highest BCUT2D eigenvalue weighted by molar-refractivity contribution is 8.01. The molecule has 0 unspecified atom stereocenters. The van der Waals surface area contributed by atoms with Gasteiger partial charge in [0, 0.05) is 24.3 Å². The van der Waals surface area contributed by atoms with Gasteiger partial charge in [0.05, 0.1) is 14.1 Å². The molecular formula is C16H16ClN3OS2. The van der Waals surface area contributed by atoms with Crippen molar-refractivity contribution in [3.05, 3.63) is 40.4 Å². The molecule has 0 aliphatic carbocycles. The van der Waals surface area contributed by atoms with Crippen molar-refractivity contribution in [3.8, 4) is 0 Å². The molecule has 2 aliphatic rings. The number of aromatic nitrogens is 1. The lowest BCUT2D eigenvalue weighted by Crippen LogP contribution is -2.42. The molecule has 0 radical (unpaired) electrons. The molecule has 2 saturated heterocycles. The molecule has 2 aromatic rings. The van der Waals surface area contributed by atoms with Gasteiger partial charge >= 0.3 is 0 Å². The van der Waals surface area contributed by atoms with Gasteiger partial charge in [0.2, 0.25) is 0 Å². The second-order valence-corrected chi connectivity index (χ2v) is 8.74. The van der Waals surface area contributed by atoms with Crippen molar-refractivity contribution < 1.29 is 4.79 Å². The van der Waals surface area contributed by atoms with Crippen LogP contribution in [0, 0.1) is 0 Å². The molecule has 4 heterocycles. The third-order valence-electron chi connectivity index (χ3n) is 4.33. The normalized spacial score (nSPS) is 25.7. The van der Waals surface area contributed by atoms with E-state index in [1.807, 2.05) is 24.3 Å². The van der Waals surface area contributed by atoms with Gasteiger partial charge in [-0.3, -0.25) is 4.79 Å². The van der Waals surface area contributed by atoms with Gasteiger partial charge in [-0.15, -0.1) is 11.3 Å². The van der Waals surface area contributed by atoms with E-state index in [0.717, 1.165) is 20.5 Å². The SMILES string of the molecule is O=C(N[C@@H]1C[C@H]2CC[C@@H]1N2)c1ccc(Sc2ccc(Cl)cn2)s1. The van der Waals surface area contributed by atoms with Gasteiger partial charge < -0.3 is 10.6 Å². The van der Waals surface area contributed by atoms with Crippen LogP contribution in [-0.2, 0) is 0 Å². The number of hydrogen-bond donors (Lipinski definition) is 2. The summed E-state index contributed by atoms with van der Waals surface area (Å²) in [4.78, 5) is 17.4. The van der Waals surface area contributed by atoms with Crippen LogP contribution in [-0.4, -0.2) is 29.0 Å².